The Kier molecular flexibility index (Phi) is 3.98. The van der Waals surface area contributed by atoms with Crippen LogP contribution in [0.2, 0.25) is 0 Å². The Bertz CT molecular complexity index is 541. The van der Waals surface area contributed by atoms with Crippen LogP contribution in [0.5, 0.6) is 0 Å². The van der Waals surface area contributed by atoms with Gasteiger partial charge in [-0.25, -0.2) is 0 Å². The molecule has 0 fully saturated rings. The van der Waals surface area contributed by atoms with Gasteiger partial charge >= 0.3 is 6.01 Å². The van der Waals surface area contributed by atoms with Gasteiger partial charge in [-0.15, -0.1) is 5.10 Å². The summed E-state index contributed by atoms with van der Waals surface area (Å²) in [5.74, 6) is 0.559. The van der Waals surface area contributed by atoms with E-state index in [4.69, 9.17) is 4.42 Å². The summed E-state index contributed by atoms with van der Waals surface area (Å²) < 4.78 is 6.51. The van der Waals surface area contributed by atoms with Gasteiger partial charge in [0, 0.05) is 4.47 Å². The Morgan fingerprint density at radius 1 is 1.33 bits per heavy atom. The van der Waals surface area contributed by atoms with Crippen molar-refractivity contribution in [3.05, 3.63) is 34.1 Å². The van der Waals surface area contributed by atoms with E-state index in [0.717, 1.165) is 15.7 Å². The lowest BCUT2D eigenvalue weighted by Crippen LogP contribution is -2.12. The monoisotopic (exact) mass is 310 g/mol. The summed E-state index contributed by atoms with van der Waals surface area (Å²) in [5, 5.41) is 14.1. The minimum absolute atomic E-state index is 0.0361. The maximum atomic E-state index is 5.52. The van der Waals surface area contributed by atoms with Gasteiger partial charge in [0.2, 0.25) is 5.89 Å². The molecule has 2 aromatic rings. The van der Waals surface area contributed by atoms with Crippen LogP contribution in [0, 0.1) is 6.92 Å². The fourth-order valence-corrected chi connectivity index (χ4v) is 1.81. The lowest BCUT2D eigenvalue weighted by Gasteiger charge is -2.06. The predicted octanol–water partition coefficient (Wildman–Crippen LogP) is 3.16. The summed E-state index contributed by atoms with van der Waals surface area (Å²) in [4.78, 5) is 0. The molecule has 5 nitrogen and oxygen atoms in total. The molecule has 1 aromatic carbocycles. The molecule has 0 amide bonds. The number of aryl methyl sites for hydroxylation is 1. The Balaban J connectivity index is 2.19. The molecule has 0 aliphatic rings. The van der Waals surface area contributed by atoms with Crippen molar-refractivity contribution in [3.63, 3.8) is 0 Å². The van der Waals surface area contributed by atoms with Gasteiger partial charge in [-0.1, -0.05) is 17.2 Å². The minimum atomic E-state index is 0.0361. The highest BCUT2D eigenvalue weighted by molar-refractivity contribution is 9.10. The van der Waals surface area contributed by atoms with Crippen LogP contribution in [0.1, 0.15) is 24.4 Å². The highest BCUT2D eigenvalue weighted by atomic mass is 79.9. The number of aromatic nitrogens is 2. The molecular weight excluding hydrogens is 296 g/mol. The molecule has 1 heterocycles. The first-order chi connectivity index (χ1) is 8.61. The number of anilines is 2. The van der Waals surface area contributed by atoms with Crippen LogP contribution in [0.15, 0.2) is 27.1 Å². The van der Waals surface area contributed by atoms with Crippen LogP contribution in [-0.2, 0) is 0 Å². The van der Waals surface area contributed by atoms with Crippen molar-refractivity contribution in [2.24, 2.45) is 0 Å². The highest BCUT2D eigenvalue weighted by Crippen LogP contribution is 2.28. The molecule has 2 rings (SSSR count). The van der Waals surface area contributed by atoms with Crippen molar-refractivity contribution in [3.8, 4) is 0 Å². The second-order valence-corrected chi connectivity index (χ2v) is 4.81. The quantitative estimate of drug-likeness (QED) is 0.908. The number of hydrogen-bond acceptors (Lipinski definition) is 5. The molecule has 0 bridgehead atoms. The van der Waals surface area contributed by atoms with Gasteiger partial charge in [-0.2, -0.15) is 0 Å². The molecule has 18 heavy (non-hydrogen) atoms. The van der Waals surface area contributed by atoms with E-state index in [1.807, 2.05) is 39.1 Å². The number of nitrogens with zero attached hydrogens (tertiary/aromatic N) is 2. The summed E-state index contributed by atoms with van der Waals surface area (Å²) in [5.41, 5.74) is 2.05. The Morgan fingerprint density at radius 3 is 2.83 bits per heavy atom. The second kappa shape index (κ2) is 5.49. The number of hydrogen-bond donors (Lipinski definition) is 2. The third kappa shape index (κ3) is 2.70. The van der Waals surface area contributed by atoms with Crippen molar-refractivity contribution >= 4 is 27.6 Å². The maximum Gasteiger partial charge on any atom is 0.320 e. The van der Waals surface area contributed by atoms with Gasteiger partial charge in [-0.3, -0.25) is 0 Å². The van der Waals surface area contributed by atoms with Crippen molar-refractivity contribution in [1.82, 2.24) is 15.5 Å². The van der Waals surface area contributed by atoms with E-state index in [-0.39, 0.29) is 6.04 Å². The van der Waals surface area contributed by atoms with Gasteiger partial charge in [-0.05, 0) is 48.5 Å². The molecule has 0 aliphatic carbocycles. The third-order valence-electron chi connectivity index (χ3n) is 2.68. The Labute approximate surface area is 114 Å². The summed E-state index contributed by atoms with van der Waals surface area (Å²) in [6.45, 7) is 3.98. The number of nitrogens with one attached hydrogen (secondary N) is 2. The van der Waals surface area contributed by atoms with Crippen molar-refractivity contribution in [1.29, 1.82) is 0 Å². The van der Waals surface area contributed by atoms with Gasteiger partial charge in [0.05, 0.1) is 11.7 Å². The molecule has 0 saturated carbocycles. The topological polar surface area (TPSA) is 63.0 Å². The van der Waals surface area contributed by atoms with E-state index in [9.17, 15) is 0 Å². The molecule has 6 heteroatoms. The van der Waals surface area contributed by atoms with E-state index in [1.54, 1.807) is 0 Å². The molecule has 0 spiro atoms. The number of halogens is 1. The van der Waals surface area contributed by atoms with Crippen LogP contribution in [-0.4, -0.2) is 17.2 Å². The molecule has 96 valence electrons. The summed E-state index contributed by atoms with van der Waals surface area (Å²) in [7, 11) is 1.85. The van der Waals surface area contributed by atoms with Crippen LogP contribution in [0.3, 0.4) is 0 Å². The van der Waals surface area contributed by atoms with E-state index in [2.05, 4.69) is 36.8 Å². The average Bonchev–Trinajstić information content (AvgIpc) is 2.82. The highest BCUT2D eigenvalue weighted by Gasteiger charge is 2.12. The number of benzene rings is 1. The SMILES string of the molecule is CNC(C)c1nnc(Nc2cccc(C)c2Br)o1. The first-order valence-electron chi connectivity index (χ1n) is 5.64. The number of rotatable bonds is 4. The zero-order chi connectivity index (χ0) is 13.1. The normalized spacial score (nSPS) is 12.4. The first-order valence-corrected chi connectivity index (χ1v) is 6.44. The van der Waals surface area contributed by atoms with Crippen LogP contribution < -0.4 is 10.6 Å². The molecule has 1 atom stereocenters. The van der Waals surface area contributed by atoms with Crippen LogP contribution >= 0.6 is 15.9 Å². The zero-order valence-corrected chi connectivity index (χ0v) is 12.1. The molecule has 2 N–H and O–H groups in total. The Morgan fingerprint density at radius 2 is 2.11 bits per heavy atom. The summed E-state index contributed by atoms with van der Waals surface area (Å²) >= 11 is 3.52. The lowest BCUT2D eigenvalue weighted by molar-refractivity contribution is 0.443. The van der Waals surface area contributed by atoms with E-state index < -0.39 is 0 Å². The largest absolute Gasteiger partial charge is 0.406 e. The molecular formula is C12H15BrN4O. The molecule has 1 unspecified atom stereocenters. The molecule has 0 aliphatic heterocycles. The predicted molar refractivity (Wildman–Crippen MR) is 73.9 cm³/mol. The van der Waals surface area contributed by atoms with Crippen LogP contribution in [0.4, 0.5) is 11.7 Å². The summed E-state index contributed by atoms with van der Waals surface area (Å²) in [6.07, 6.45) is 0. The third-order valence-corrected chi connectivity index (χ3v) is 3.73. The summed E-state index contributed by atoms with van der Waals surface area (Å²) in [6, 6.07) is 6.36. The van der Waals surface area contributed by atoms with E-state index in [0.29, 0.717) is 11.9 Å². The molecule has 0 radical (unpaired) electrons. The van der Waals surface area contributed by atoms with E-state index >= 15 is 0 Å². The second-order valence-electron chi connectivity index (χ2n) is 4.02. The molecule has 0 saturated heterocycles. The smallest absolute Gasteiger partial charge is 0.320 e. The average molecular weight is 311 g/mol. The van der Waals surface area contributed by atoms with Gasteiger partial charge in [0.15, 0.2) is 0 Å². The van der Waals surface area contributed by atoms with Crippen LogP contribution in [0.25, 0.3) is 0 Å². The van der Waals surface area contributed by atoms with Crippen molar-refractivity contribution < 1.29 is 4.42 Å². The van der Waals surface area contributed by atoms with Gasteiger partial charge in [0.25, 0.3) is 0 Å². The Hall–Kier alpha value is -1.40. The van der Waals surface area contributed by atoms with Crippen molar-refractivity contribution in [2.75, 3.05) is 12.4 Å². The fraction of sp³-hybridized carbons (Fsp3) is 0.333. The maximum absolute atomic E-state index is 5.52. The standard InChI is InChI=1S/C12H15BrN4O/c1-7-5-4-6-9(10(7)13)15-12-17-16-11(18-12)8(2)14-3/h4-6,8,14H,1-3H3,(H,15,17). The fourth-order valence-electron chi connectivity index (χ4n) is 1.44. The molecule has 1 aromatic heterocycles. The van der Waals surface area contributed by atoms with Gasteiger partial charge < -0.3 is 15.1 Å². The minimum Gasteiger partial charge on any atom is -0.406 e. The zero-order valence-electron chi connectivity index (χ0n) is 10.5. The van der Waals surface area contributed by atoms with Crippen molar-refractivity contribution in [2.45, 2.75) is 19.9 Å². The van der Waals surface area contributed by atoms with E-state index in [1.165, 1.54) is 0 Å². The van der Waals surface area contributed by atoms with Gasteiger partial charge in [0.1, 0.15) is 0 Å². The lowest BCUT2D eigenvalue weighted by atomic mass is 10.2. The first kappa shape index (κ1) is 13.0.